The fourth-order valence-electron chi connectivity index (χ4n) is 3.00. The fourth-order valence-corrected chi connectivity index (χ4v) is 3.26. The summed E-state index contributed by atoms with van der Waals surface area (Å²) in [4.78, 5) is 30.4. The van der Waals surface area contributed by atoms with Crippen LogP contribution < -0.4 is 10.1 Å². The summed E-state index contributed by atoms with van der Waals surface area (Å²) >= 11 is 6.11. The molecule has 2 heterocycles. The van der Waals surface area contributed by atoms with Crippen LogP contribution in [0.25, 0.3) is 0 Å². The molecule has 1 aromatic carbocycles. The molecule has 0 saturated carbocycles. The third kappa shape index (κ3) is 4.14. The molecule has 3 rings (SSSR count). The number of hydrogen-bond donors (Lipinski definition) is 1. The summed E-state index contributed by atoms with van der Waals surface area (Å²) in [6.45, 7) is 2.96. The minimum Gasteiger partial charge on any atom is -0.495 e. The average molecular weight is 390 g/mol. The molecule has 1 N–H and O–H groups in total. The molecule has 0 bridgehead atoms. The van der Waals surface area contributed by atoms with Crippen LogP contribution in [0.1, 0.15) is 28.4 Å². The predicted molar refractivity (Wildman–Crippen MR) is 101 cm³/mol. The first-order chi connectivity index (χ1) is 13.0. The normalized spacial score (nSPS) is 12.9. The van der Waals surface area contributed by atoms with E-state index in [0.717, 1.165) is 11.1 Å². The third-order valence-electron chi connectivity index (χ3n) is 4.32. The maximum absolute atomic E-state index is 12.7. The van der Waals surface area contributed by atoms with Crippen LogP contribution >= 0.6 is 11.6 Å². The van der Waals surface area contributed by atoms with Crippen LogP contribution in [0, 0.1) is 0 Å². The molecule has 0 radical (unpaired) electrons. The van der Waals surface area contributed by atoms with Crippen molar-refractivity contribution >= 4 is 29.3 Å². The molecule has 2 aromatic rings. The number of rotatable bonds is 4. The summed E-state index contributed by atoms with van der Waals surface area (Å²) in [6, 6.07) is 5.03. The van der Waals surface area contributed by atoms with Gasteiger partial charge < -0.3 is 19.7 Å². The largest absolute Gasteiger partial charge is 0.495 e. The van der Waals surface area contributed by atoms with Gasteiger partial charge in [-0.2, -0.15) is 0 Å². The van der Waals surface area contributed by atoms with E-state index in [1.54, 1.807) is 42.4 Å². The van der Waals surface area contributed by atoms with Gasteiger partial charge in [0.05, 0.1) is 30.8 Å². The summed E-state index contributed by atoms with van der Waals surface area (Å²) in [7, 11) is 1.53. The van der Waals surface area contributed by atoms with E-state index >= 15 is 0 Å². The third-order valence-corrected chi connectivity index (χ3v) is 4.62. The number of pyridine rings is 1. The van der Waals surface area contributed by atoms with Crippen molar-refractivity contribution in [1.29, 1.82) is 0 Å². The molecule has 27 heavy (non-hydrogen) atoms. The van der Waals surface area contributed by atoms with Crippen molar-refractivity contribution < 1.29 is 19.1 Å². The summed E-state index contributed by atoms with van der Waals surface area (Å²) in [5, 5.41) is 3.24. The highest BCUT2D eigenvalue weighted by molar-refractivity contribution is 6.32. The molecule has 2 amide bonds. The fraction of sp³-hybridized carbons (Fsp3) is 0.316. The molecular formula is C19H20ClN3O4. The Hall–Kier alpha value is -2.80. The van der Waals surface area contributed by atoms with Gasteiger partial charge in [0.25, 0.3) is 5.91 Å². The van der Waals surface area contributed by atoms with E-state index in [4.69, 9.17) is 21.1 Å². The standard InChI is InChI=1S/C19H20ClN3O4/c1-3-27-19(25)23-7-6-14-12(11-23)9-21-10-15(14)18(24)22-13-4-5-17(26-2)16(20)8-13/h4-5,8-10H,3,6-7,11H2,1-2H3,(H,22,24). The molecule has 0 spiro atoms. The second kappa shape index (κ2) is 8.26. The molecule has 0 atom stereocenters. The van der Waals surface area contributed by atoms with E-state index in [2.05, 4.69) is 10.3 Å². The van der Waals surface area contributed by atoms with Gasteiger partial charge in [-0.25, -0.2) is 4.79 Å². The number of fused-ring (bicyclic) bond motifs is 1. The average Bonchev–Trinajstić information content (AvgIpc) is 2.67. The van der Waals surface area contributed by atoms with E-state index in [1.165, 1.54) is 7.11 Å². The van der Waals surface area contributed by atoms with Gasteiger partial charge in [0.15, 0.2) is 0 Å². The number of amides is 2. The quantitative estimate of drug-likeness (QED) is 0.865. The summed E-state index contributed by atoms with van der Waals surface area (Å²) < 4.78 is 10.2. The van der Waals surface area contributed by atoms with Crippen LogP contribution in [-0.2, 0) is 17.7 Å². The monoisotopic (exact) mass is 389 g/mol. The Morgan fingerprint density at radius 1 is 1.33 bits per heavy atom. The lowest BCUT2D eigenvalue weighted by molar-refractivity contribution is 0.101. The van der Waals surface area contributed by atoms with Crippen LogP contribution in [0.15, 0.2) is 30.6 Å². The van der Waals surface area contributed by atoms with Crippen LogP contribution in [0.5, 0.6) is 5.75 Å². The van der Waals surface area contributed by atoms with Crippen LogP contribution in [0.3, 0.4) is 0 Å². The van der Waals surface area contributed by atoms with E-state index in [-0.39, 0.29) is 12.0 Å². The Morgan fingerprint density at radius 3 is 2.85 bits per heavy atom. The topological polar surface area (TPSA) is 80.8 Å². The van der Waals surface area contributed by atoms with Crippen molar-refractivity contribution in [1.82, 2.24) is 9.88 Å². The molecule has 8 heteroatoms. The van der Waals surface area contributed by atoms with Crippen molar-refractivity contribution in [3.05, 3.63) is 52.3 Å². The molecule has 142 valence electrons. The number of ether oxygens (including phenoxy) is 2. The van der Waals surface area contributed by atoms with Gasteiger partial charge in [-0.15, -0.1) is 0 Å². The molecular weight excluding hydrogens is 370 g/mol. The Kier molecular flexibility index (Phi) is 5.81. The highest BCUT2D eigenvalue weighted by atomic mass is 35.5. The number of methoxy groups -OCH3 is 1. The molecule has 0 aliphatic carbocycles. The van der Waals surface area contributed by atoms with Crippen molar-refractivity contribution in [3.8, 4) is 5.75 Å². The Balaban J connectivity index is 1.78. The number of hydrogen-bond acceptors (Lipinski definition) is 5. The zero-order valence-corrected chi connectivity index (χ0v) is 15.9. The number of benzene rings is 1. The van der Waals surface area contributed by atoms with Gasteiger partial charge >= 0.3 is 6.09 Å². The smallest absolute Gasteiger partial charge is 0.410 e. The van der Waals surface area contributed by atoms with Crippen molar-refractivity contribution in [3.63, 3.8) is 0 Å². The van der Waals surface area contributed by atoms with Crippen molar-refractivity contribution in [2.24, 2.45) is 0 Å². The first-order valence-electron chi connectivity index (χ1n) is 8.55. The molecule has 1 aliphatic heterocycles. The molecule has 0 fully saturated rings. The number of nitrogens with one attached hydrogen (secondary N) is 1. The summed E-state index contributed by atoms with van der Waals surface area (Å²) in [5.74, 6) is 0.262. The second-order valence-corrected chi connectivity index (χ2v) is 6.41. The van der Waals surface area contributed by atoms with Crippen LogP contribution in [0.4, 0.5) is 10.5 Å². The first-order valence-corrected chi connectivity index (χ1v) is 8.93. The van der Waals surface area contributed by atoms with Gasteiger partial charge in [-0.05, 0) is 42.7 Å². The van der Waals surface area contributed by atoms with Gasteiger partial charge in [0.1, 0.15) is 5.75 Å². The van der Waals surface area contributed by atoms with E-state index < -0.39 is 0 Å². The zero-order chi connectivity index (χ0) is 19.4. The molecule has 0 saturated heterocycles. The zero-order valence-electron chi connectivity index (χ0n) is 15.1. The van der Waals surface area contributed by atoms with E-state index in [1.807, 2.05) is 0 Å². The van der Waals surface area contributed by atoms with Crippen molar-refractivity contribution in [2.75, 3.05) is 25.6 Å². The number of anilines is 1. The summed E-state index contributed by atoms with van der Waals surface area (Å²) in [6.07, 6.45) is 3.43. The minimum atomic E-state index is -0.356. The van der Waals surface area contributed by atoms with Gasteiger partial charge in [-0.1, -0.05) is 11.6 Å². The van der Waals surface area contributed by atoms with Crippen LogP contribution in [-0.4, -0.2) is 42.1 Å². The second-order valence-electron chi connectivity index (χ2n) is 6.00. The molecule has 0 unspecified atom stereocenters. The summed E-state index contributed by atoms with van der Waals surface area (Å²) in [5.41, 5.74) is 2.78. The maximum atomic E-state index is 12.7. The minimum absolute atomic E-state index is 0.273. The highest BCUT2D eigenvalue weighted by Gasteiger charge is 2.25. The Labute approximate surface area is 162 Å². The lowest BCUT2D eigenvalue weighted by Gasteiger charge is -2.28. The molecule has 1 aliphatic rings. The van der Waals surface area contributed by atoms with E-state index in [9.17, 15) is 9.59 Å². The maximum Gasteiger partial charge on any atom is 0.410 e. The van der Waals surface area contributed by atoms with Crippen LogP contribution in [0.2, 0.25) is 5.02 Å². The van der Waals surface area contributed by atoms with Crippen molar-refractivity contribution in [2.45, 2.75) is 19.9 Å². The van der Waals surface area contributed by atoms with E-state index in [0.29, 0.717) is 48.1 Å². The highest BCUT2D eigenvalue weighted by Crippen LogP contribution is 2.28. The lowest BCUT2D eigenvalue weighted by atomic mass is 9.97. The predicted octanol–water partition coefficient (Wildman–Crippen LogP) is 3.51. The number of carbonyl (C=O) groups excluding carboxylic acids is 2. The van der Waals surface area contributed by atoms with Gasteiger partial charge in [0, 0.05) is 24.6 Å². The van der Waals surface area contributed by atoms with Gasteiger partial charge in [0.2, 0.25) is 0 Å². The molecule has 1 aromatic heterocycles. The number of aromatic nitrogens is 1. The SMILES string of the molecule is CCOC(=O)N1CCc2c(cncc2C(=O)Nc2ccc(OC)c(Cl)c2)C1. The molecule has 7 nitrogen and oxygen atoms in total. The Bertz CT molecular complexity index is 872. The number of halogens is 1. The van der Waals surface area contributed by atoms with Gasteiger partial charge in [-0.3, -0.25) is 9.78 Å². The number of carbonyl (C=O) groups is 2. The lowest BCUT2D eigenvalue weighted by Crippen LogP contribution is -2.37. The first kappa shape index (κ1) is 19.0. The Morgan fingerprint density at radius 2 is 2.15 bits per heavy atom. The number of nitrogens with zero attached hydrogens (tertiary/aromatic N) is 2.